The van der Waals surface area contributed by atoms with Crippen LogP contribution in [-0.4, -0.2) is 46.7 Å². The van der Waals surface area contributed by atoms with Crippen molar-refractivity contribution in [2.24, 2.45) is 0 Å². The van der Waals surface area contributed by atoms with Gasteiger partial charge in [0.1, 0.15) is 0 Å². The predicted octanol–water partition coefficient (Wildman–Crippen LogP) is 7.69. The van der Waals surface area contributed by atoms with Crippen LogP contribution in [0.3, 0.4) is 0 Å². The first-order chi connectivity index (χ1) is 14.7. The average Bonchev–Trinajstić information content (AvgIpc) is 2.93. The van der Waals surface area contributed by atoms with Gasteiger partial charge in [0.25, 0.3) is 5.12 Å². The Balaban J connectivity index is -0.000000194. The smallest absolute Gasteiger partial charge is 0.412 e. The zero-order valence-electron chi connectivity index (χ0n) is 16.6. The van der Waals surface area contributed by atoms with Gasteiger partial charge in [-0.25, -0.2) is 30.1 Å². The van der Waals surface area contributed by atoms with Gasteiger partial charge in [-0.3, -0.25) is 19.2 Å². The summed E-state index contributed by atoms with van der Waals surface area (Å²) in [5.74, 6) is -0.409. The Morgan fingerprint density at radius 1 is 0.829 bits per heavy atom. The summed E-state index contributed by atoms with van der Waals surface area (Å²) in [7, 11) is 14.8. The van der Waals surface area contributed by atoms with Crippen molar-refractivity contribution >= 4 is 183 Å². The second-order valence-corrected chi connectivity index (χ2v) is 16.9. The van der Waals surface area contributed by atoms with Crippen molar-refractivity contribution in [3.63, 3.8) is 0 Å². The van der Waals surface area contributed by atoms with Gasteiger partial charge >= 0.3 is 21.9 Å². The van der Waals surface area contributed by atoms with E-state index in [9.17, 15) is 19.2 Å². The van der Waals surface area contributed by atoms with Crippen molar-refractivity contribution in [3.05, 3.63) is 53.8 Å². The zero-order valence-corrected chi connectivity index (χ0v) is 29.6. The second-order valence-electron chi connectivity index (χ2n) is 4.87. The quantitative estimate of drug-likeness (QED) is 0.131. The van der Waals surface area contributed by atoms with E-state index >= 15 is 0 Å². The molecule has 19 heteroatoms. The van der Waals surface area contributed by atoms with Gasteiger partial charge in [-0.1, -0.05) is 0 Å². The highest BCUT2D eigenvalue weighted by Gasteiger charge is 2.30. The van der Waals surface area contributed by atoms with E-state index < -0.39 is 32.8 Å². The molecule has 0 bridgehead atoms. The first-order valence-corrected chi connectivity index (χ1v) is 17.8. The summed E-state index contributed by atoms with van der Waals surface area (Å²) in [5.41, 5.74) is 0.491. The lowest BCUT2D eigenvalue weighted by molar-refractivity contribution is -0.127. The molecule has 0 aromatic heterocycles. The molecule has 0 saturated carbocycles. The molecule has 191 valence electrons. The van der Waals surface area contributed by atoms with E-state index in [0.717, 1.165) is 39.4 Å². The van der Waals surface area contributed by atoms with Crippen LogP contribution in [0.2, 0.25) is 0 Å². The van der Waals surface area contributed by atoms with E-state index in [1.807, 2.05) is 18.2 Å². The third-order valence-corrected chi connectivity index (χ3v) is 8.08. The molecule has 0 saturated heterocycles. The van der Waals surface area contributed by atoms with Crippen molar-refractivity contribution in [1.82, 2.24) is 6.15 Å². The summed E-state index contributed by atoms with van der Waals surface area (Å²) >= 11 is 25.7. The molecular weight excluding hydrogens is 885 g/mol. The summed E-state index contributed by atoms with van der Waals surface area (Å²) in [5, 5.41) is -2.69. The maximum atomic E-state index is 11.3. The lowest BCUT2D eigenvalue weighted by Crippen LogP contribution is -2.02. The van der Waals surface area contributed by atoms with Gasteiger partial charge in [0, 0.05) is 41.7 Å². The second kappa shape index (κ2) is 22.5. The number of thioether (sulfide) groups is 1. The molecule has 0 aliphatic carbocycles. The minimum absolute atomic E-state index is 0. The summed E-state index contributed by atoms with van der Waals surface area (Å²) in [6.45, 7) is 0. The molecule has 0 atom stereocenters. The lowest BCUT2D eigenvalue weighted by Gasteiger charge is -1.98. The molecule has 0 amide bonds. The number of Topliss-reactive ketones (excluding diaryl/α,β-unsaturated/α-hetero) is 1. The molecule has 2 aromatic rings. The number of fused-ring (bicyclic) bond motifs is 1. The average molecular weight is 896 g/mol. The number of benzene rings is 2. The summed E-state index contributed by atoms with van der Waals surface area (Å²) < 4.78 is 3.73. The molecular formula is C16H11AlBBr4Cl5NO5S2. The minimum atomic E-state index is -1.72. The van der Waals surface area contributed by atoms with Crippen LogP contribution in [0.4, 0.5) is 0 Å². The number of thiol groups is 1. The van der Waals surface area contributed by atoms with Crippen LogP contribution < -0.4 is 6.15 Å². The Hall–Kier alpha value is 1.71. The van der Waals surface area contributed by atoms with E-state index in [2.05, 4.69) is 99.6 Å². The molecule has 6 nitrogen and oxygen atoms in total. The van der Waals surface area contributed by atoms with Gasteiger partial charge in [0.2, 0.25) is 5.78 Å². The van der Waals surface area contributed by atoms with Gasteiger partial charge in [0.05, 0.1) is 0 Å². The molecule has 5 N–H and O–H groups in total. The highest BCUT2D eigenvalue weighted by atomic mass is 79.9. The molecule has 3 radical (unpaired) electrons. The van der Waals surface area contributed by atoms with Crippen LogP contribution in [0, 0.1) is 0 Å². The highest BCUT2D eigenvalue weighted by Crippen LogP contribution is 2.37. The van der Waals surface area contributed by atoms with Crippen LogP contribution in [0.25, 0.3) is 0 Å². The fraction of sp³-hybridized carbons (Fsp3) is 0. The molecule has 0 fully saturated rings. The van der Waals surface area contributed by atoms with Crippen LogP contribution in [0.15, 0.2) is 58.0 Å². The fourth-order valence-corrected chi connectivity index (χ4v) is 4.22. The highest BCUT2D eigenvalue weighted by molar-refractivity contribution is 9.13. The molecule has 0 unspecified atom stereocenters. The van der Waals surface area contributed by atoms with E-state index in [1.165, 1.54) is 0 Å². The number of halogens is 9. The monoisotopic (exact) mass is 890 g/mol. The Labute approximate surface area is 273 Å². The maximum Gasteiger partial charge on any atom is 0.643 e. The van der Waals surface area contributed by atoms with Crippen molar-refractivity contribution in [2.45, 2.75) is 9.79 Å². The van der Waals surface area contributed by atoms with Crippen molar-refractivity contribution in [3.8, 4) is 0 Å². The third-order valence-electron chi connectivity index (χ3n) is 2.71. The molecule has 1 aliphatic heterocycles. The number of carbonyl (C=O) groups excluding carboxylic acids is 4. The fourth-order valence-electron chi connectivity index (χ4n) is 1.53. The number of hydrogen-bond donors (Lipinski definition) is 2. The first kappa shape index (κ1) is 43.8. The molecule has 0 spiro atoms. The van der Waals surface area contributed by atoms with Gasteiger partial charge in [-0.2, -0.15) is 0 Å². The van der Waals surface area contributed by atoms with E-state index in [0.29, 0.717) is 5.56 Å². The van der Waals surface area contributed by atoms with E-state index in [1.54, 1.807) is 12.1 Å². The Bertz CT molecular complexity index is 1030. The molecule has 1 heterocycles. The van der Waals surface area contributed by atoms with Crippen LogP contribution in [-0.2, 0) is 14.4 Å². The maximum absolute atomic E-state index is 11.3. The van der Waals surface area contributed by atoms with Gasteiger partial charge < -0.3 is 11.6 Å². The normalized spacial score (nSPS) is 10.1. The standard InChI is InChI=1S/C8H2Br2O2S.C6H4Br2S.C2Cl2O2.Al.B.3ClH.H3N.H2O/c9-4-1-3-6(2-5(4)10)13-8(12)7(3)11;7-5-2-1-4(9)3-6(5)8;3-1(5)2(4)6;;;;;;;/h1-2H;1-3,9H;;;;3*1H;1H3;1H2/q;;;+3;;;;;;/p-3. The summed E-state index contributed by atoms with van der Waals surface area (Å²) in [6.07, 6.45) is 0. The SMILES string of the molecule is N.O.O=C(Cl)C(=O)Cl.O=C1Sc2cc(Br)c(Br)cc2C1=O.Sc1ccc(Br)c(Br)c1.[B].[Cl][Al]([Cl])[Cl]. The van der Waals surface area contributed by atoms with Crippen molar-refractivity contribution < 1.29 is 24.7 Å². The Kier molecular flexibility index (Phi) is 28.1. The molecule has 1 aliphatic rings. The van der Waals surface area contributed by atoms with Gasteiger partial charge in [-0.15, -0.1) is 12.6 Å². The minimum Gasteiger partial charge on any atom is -0.412 e. The molecule has 35 heavy (non-hydrogen) atoms. The lowest BCUT2D eigenvalue weighted by atomic mass is 10.1. The van der Waals surface area contributed by atoms with Gasteiger partial charge in [-0.05, 0) is 129 Å². The molecule has 2 aromatic carbocycles. The van der Waals surface area contributed by atoms with Crippen LogP contribution >= 0.6 is 141 Å². The van der Waals surface area contributed by atoms with E-state index in [4.69, 9.17) is 30.1 Å². The number of ketones is 1. The first-order valence-electron chi connectivity index (χ1n) is 7.38. The Morgan fingerprint density at radius 3 is 1.60 bits per heavy atom. The number of carbonyl (C=O) groups is 4. The van der Waals surface area contributed by atoms with Crippen molar-refractivity contribution in [1.29, 1.82) is 0 Å². The predicted molar refractivity (Wildman–Crippen MR) is 166 cm³/mol. The molecule has 3 rings (SSSR count). The van der Waals surface area contributed by atoms with Crippen molar-refractivity contribution in [2.75, 3.05) is 0 Å². The topological polar surface area (TPSA) is 135 Å². The third kappa shape index (κ3) is 18.6. The van der Waals surface area contributed by atoms with Crippen LogP contribution in [0.5, 0.6) is 0 Å². The van der Waals surface area contributed by atoms with E-state index in [-0.39, 0.29) is 20.0 Å². The summed E-state index contributed by atoms with van der Waals surface area (Å²) in [6, 6.07) is 9.25. The number of rotatable bonds is 1. The summed E-state index contributed by atoms with van der Waals surface area (Å²) in [4.78, 5) is 42.8. The Morgan fingerprint density at radius 2 is 1.23 bits per heavy atom. The largest absolute Gasteiger partial charge is 0.643 e. The zero-order chi connectivity index (χ0) is 25.2. The van der Waals surface area contributed by atoms with Gasteiger partial charge in [0.15, 0.2) is 0 Å². The number of hydrogen-bond acceptors (Lipinski definition) is 7. The van der Waals surface area contributed by atoms with Crippen LogP contribution in [0.1, 0.15) is 10.4 Å².